The molecule has 0 aliphatic heterocycles. The van der Waals surface area contributed by atoms with E-state index in [0.29, 0.717) is 6.42 Å². The first-order valence-electron chi connectivity index (χ1n) is 7.78. The van der Waals surface area contributed by atoms with Gasteiger partial charge in [0.25, 0.3) is 0 Å². The van der Waals surface area contributed by atoms with Gasteiger partial charge >= 0.3 is 6.61 Å². The number of rotatable bonds is 5. The van der Waals surface area contributed by atoms with Crippen LogP contribution in [0, 0.1) is 17.7 Å². The van der Waals surface area contributed by atoms with Crippen molar-refractivity contribution in [1.29, 1.82) is 0 Å². The highest BCUT2D eigenvalue weighted by atomic mass is 19.3. The molecule has 24 heavy (non-hydrogen) atoms. The van der Waals surface area contributed by atoms with Gasteiger partial charge in [-0.1, -0.05) is 19.1 Å². The summed E-state index contributed by atoms with van der Waals surface area (Å²) in [5.41, 5.74) is -1.06. The number of carbonyl (C=O) groups is 1. The Morgan fingerprint density at radius 2 is 2.00 bits per heavy atom. The molecule has 1 aliphatic carbocycles. The molecule has 3 unspecified atom stereocenters. The zero-order chi connectivity index (χ0) is 18.1. The Morgan fingerprint density at radius 1 is 1.33 bits per heavy atom. The molecule has 3 atom stereocenters. The summed E-state index contributed by atoms with van der Waals surface area (Å²) in [6, 6.07) is 3.24. The number of alkyl halides is 2. The van der Waals surface area contributed by atoms with Gasteiger partial charge in [-0.3, -0.25) is 4.79 Å². The molecule has 0 amide bonds. The van der Waals surface area contributed by atoms with Crippen LogP contribution in [0.4, 0.5) is 13.2 Å². The molecule has 0 bridgehead atoms. The number of ketones is 1. The van der Waals surface area contributed by atoms with Gasteiger partial charge in [-0.05, 0) is 44.4 Å². The number of Topliss-reactive ketones (excluding diaryl/α,β-unsaturated/α-hetero) is 1. The standard InChI is InChI=1S/C18H21F3O3/c1-10(18(2,3)23)12-5-4-6-13(16(12)22)14-9-11(24-17(20)21)7-8-15(14)19/h4,6-10,12-13,17,23H,5H2,1-3H3. The van der Waals surface area contributed by atoms with E-state index in [4.69, 9.17) is 0 Å². The topological polar surface area (TPSA) is 46.5 Å². The van der Waals surface area contributed by atoms with E-state index in [2.05, 4.69) is 4.74 Å². The van der Waals surface area contributed by atoms with E-state index in [9.17, 15) is 23.1 Å². The highest BCUT2D eigenvalue weighted by Gasteiger charge is 2.39. The Kier molecular flexibility index (Phi) is 5.38. The number of aliphatic hydroxyl groups is 1. The van der Waals surface area contributed by atoms with Gasteiger partial charge in [0.1, 0.15) is 17.3 Å². The fourth-order valence-corrected chi connectivity index (χ4v) is 2.94. The van der Waals surface area contributed by atoms with Crippen LogP contribution >= 0.6 is 0 Å². The van der Waals surface area contributed by atoms with Crippen molar-refractivity contribution in [2.75, 3.05) is 0 Å². The highest BCUT2D eigenvalue weighted by Crippen LogP contribution is 2.38. The second-order valence-corrected chi connectivity index (χ2v) is 6.65. The minimum absolute atomic E-state index is 0.00189. The molecule has 1 aromatic rings. The fourth-order valence-electron chi connectivity index (χ4n) is 2.94. The summed E-state index contributed by atoms with van der Waals surface area (Å²) in [6.07, 6.45) is 3.79. The highest BCUT2D eigenvalue weighted by molar-refractivity contribution is 5.91. The van der Waals surface area contributed by atoms with Crippen LogP contribution in [0.5, 0.6) is 5.75 Å². The van der Waals surface area contributed by atoms with E-state index in [1.807, 2.05) is 0 Å². The Bertz CT molecular complexity index is 635. The molecule has 132 valence electrons. The van der Waals surface area contributed by atoms with E-state index in [1.165, 1.54) is 0 Å². The predicted octanol–water partition coefficient (Wildman–Crippen LogP) is 4.06. The normalized spacial score (nSPS) is 22.8. The van der Waals surface area contributed by atoms with Gasteiger partial charge in [-0.2, -0.15) is 8.78 Å². The third-order valence-corrected chi connectivity index (χ3v) is 4.64. The third-order valence-electron chi connectivity index (χ3n) is 4.64. The van der Waals surface area contributed by atoms with Crippen LogP contribution in [0.2, 0.25) is 0 Å². The molecule has 0 radical (unpaired) electrons. The summed E-state index contributed by atoms with van der Waals surface area (Å²) in [5, 5.41) is 10.2. The molecule has 6 heteroatoms. The van der Waals surface area contributed by atoms with Crippen molar-refractivity contribution in [3.05, 3.63) is 41.7 Å². The first-order valence-corrected chi connectivity index (χ1v) is 7.78. The second-order valence-electron chi connectivity index (χ2n) is 6.65. The molecule has 0 aromatic heterocycles. The van der Waals surface area contributed by atoms with Crippen LogP contribution in [0.25, 0.3) is 0 Å². The molecule has 0 heterocycles. The Morgan fingerprint density at radius 3 is 2.58 bits per heavy atom. The van der Waals surface area contributed by atoms with E-state index in [-0.39, 0.29) is 23.0 Å². The average Bonchev–Trinajstić information content (AvgIpc) is 2.47. The number of carbonyl (C=O) groups excluding carboxylic acids is 1. The molecular weight excluding hydrogens is 321 g/mol. The Hall–Kier alpha value is -1.82. The summed E-state index contributed by atoms with van der Waals surface area (Å²) in [7, 11) is 0. The molecule has 0 spiro atoms. The van der Waals surface area contributed by atoms with E-state index in [0.717, 1.165) is 18.2 Å². The van der Waals surface area contributed by atoms with E-state index in [1.54, 1.807) is 32.9 Å². The third kappa shape index (κ3) is 3.98. The minimum Gasteiger partial charge on any atom is -0.435 e. The molecule has 1 aromatic carbocycles. The van der Waals surface area contributed by atoms with Crippen molar-refractivity contribution >= 4 is 5.78 Å². The zero-order valence-electron chi connectivity index (χ0n) is 13.8. The monoisotopic (exact) mass is 342 g/mol. The number of ether oxygens (including phenoxy) is 1. The lowest BCUT2D eigenvalue weighted by molar-refractivity contribution is -0.129. The average molecular weight is 342 g/mol. The Balaban J connectivity index is 2.33. The van der Waals surface area contributed by atoms with Crippen molar-refractivity contribution < 1.29 is 27.8 Å². The van der Waals surface area contributed by atoms with Crippen LogP contribution in [0.3, 0.4) is 0 Å². The van der Waals surface area contributed by atoms with Crippen LogP contribution in [-0.4, -0.2) is 23.1 Å². The van der Waals surface area contributed by atoms with Gasteiger partial charge in [0.2, 0.25) is 0 Å². The quantitative estimate of drug-likeness (QED) is 0.821. The SMILES string of the molecule is CC(C1CC=CC(c2cc(OC(F)F)ccc2F)C1=O)C(C)(C)O. The van der Waals surface area contributed by atoms with Crippen molar-refractivity contribution in [3.63, 3.8) is 0 Å². The number of benzene rings is 1. The largest absolute Gasteiger partial charge is 0.435 e. The molecule has 3 nitrogen and oxygen atoms in total. The van der Waals surface area contributed by atoms with Crippen molar-refractivity contribution in [1.82, 2.24) is 0 Å². The number of hydrogen-bond acceptors (Lipinski definition) is 3. The molecule has 0 saturated heterocycles. The van der Waals surface area contributed by atoms with Gasteiger partial charge in [-0.15, -0.1) is 0 Å². The molecule has 0 saturated carbocycles. The van der Waals surface area contributed by atoms with E-state index < -0.39 is 29.9 Å². The van der Waals surface area contributed by atoms with Gasteiger partial charge in [-0.25, -0.2) is 4.39 Å². The first-order chi connectivity index (χ1) is 11.1. The lowest BCUT2D eigenvalue weighted by Gasteiger charge is -2.35. The van der Waals surface area contributed by atoms with E-state index >= 15 is 0 Å². The summed E-state index contributed by atoms with van der Waals surface area (Å²) in [4.78, 5) is 12.8. The van der Waals surface area contributed by atoms with Crippen molar-refractivity contribution in [3.8, 4) is 5.75 Å². The maximum Gasteiger partial charge on any atom is 0.387 e. The molecule has 2 rings (SSSR count). The molecule has 1 aliphatic rings. The summed E-state index contributed by atoms with van der Waals surface area (Å²) >= 11 is 0. The number of halogens is 3. The van der Waals surface area contributed by atoms with Crippen molar-refractivity contribution in [2.45, 2.75) is 45.3 Å². The van der Waals surface area contributed by atoms with Crippen LogP contribution < -0.4 is 4.74 Å². The smallest absolute Gasteiger partial charge is 0.387 e. The van der Waals surface area contributed by atoms with Crippen LogP contribution in [0.15, 0.2) is 30.4 Å². The summed E-state index contributed by atoms with van der Waals surface area (Å²) in [6.45, 7) is 1.99. The first kappa shape index (κ1) is 18.5. The van der Waals surface area contributed by atoms with Crippen LogP contribution in [0.1, 0.15) is 38.7 Å². The van der Waals surface area contributed by atoms with Crippen LogP contribution in [-0.2, 0) is 4.79 Å². The van der Waals surface area contributed by atoms with Crippen molar-refractivity contribution in [2.24, 2.45) is 11.8 Å². The number of allylic oxidation sites excluding steroid dienone is 2. The summed E-state index contributed by atoms with van der Waals surface area (Å²) in [5.74, 6) is -2.77. The predicted molar refractivity (Wildman–Crippen MR) is 83.5 cm³/mol. The lowest BCUT2D eigenvalue weighted by atomic mass is 9.71. The van der Waals surface area contributed by atoms with Gasteiger partial charge in [0.05, 0.1) is 11.5 Å². The Labute approximate surface area is 139 Å². The minimum atomic E-state index is -3.02. The maximum absolute atomic E-state index is 14.1. The molecule has 0 fully saturated rings. The maximum atomic E-state index is 14.1. The molecular formula is C18H21F3O3. The van der Waals surface area contributed by atoms with Gasteiger partial charge in [0, 0.05) is 11.5 Å². The fraction of sp³-hybridized carbons (Fsp3) is 0.500. The molecule has 1 N–H and O–H groups in total. The van der Waals surface area contributed by atoms with Gasteiger partial charge in [0.15, 0.2) is 0 Å². The summed E-state index contributed by atoms with van der Waals surface area (Å²) < 4.78 is 43.1. The van der Waals surface area contributed by atoms with Gasteiger partial charge < -0.3 is 9.84 Å². The zero-order valence-corrected chi connectivity index (χ0v) is 13.8. The lowest BCUT2D eigenvalue weighted by Crippen LogP contribution is -2.40. The second kappa shape index (κ2) is 6.97. The number of hydrogen-bond donors (Lipinski definition) is 1.